The van der Waals surface area contributed by atoms with E-state index in [-0.39, 0.29) is 5.16 Å². The molecule has 20 heavy (non-hydrogen) atoms. The topological polar surface area (TPSA) is 114 Å². The molecule has 2 aromatic rings. The summed E-state index contributed by atoms with van der Waals surface area (Å²) in [5.74, 6) is 0. The first-order valence-corrected chi connectivity index (χ1v) is 7.70. The molecular formula is C11H18N6O2S. The summed E-state index contributed by atoms with van der Waals surface area (Å²) in [5, 5.41) is 5.82. The van der Waals surface area contributed by atoms with E-state index in [9.17, 15) is 8.42 Å². The van der Waals surface area contributed by atoms with Crippen LogP contribution in [-0.4, -0.2) is 40.1 Å². The lowest BCUT2D eigenvalue weighted by molar-refractivity contribution is 0.567. The van der Waals surface area contributed by atoms with Crippen molar-refractivity contribution in [2.24, 2.45) is 0 Å². The second kappa shape index (κ2) is 9.10. The molecule has 110 valence electrons. The van der Waals surface area contributed by atoms with Crippen molar-refractivity contribution >= 4 is 10.0 Å². The van der Waals surface area contributed by atoms with E-state index >= 15 is 0 Å². The molecule has 0 unspecified atom stereocenters. The zero-order chi connectivity index (χ0) is 14.7. The van der Waals surface area contributed by atoms with Gasteiger partial charge in [-0.25, -0.2) is 28.1 Å². The van der Waals surface area contributed by atoms with Crippen LogP contribution >= 0.6 is 0 Å². The number of H-pyrrole nitrogens is 1. The Morgan fingerprint density at radius 1 is 1.25 bits per heavy atom. The summed E-state index contributed by atoms with van der Waals surface area (Å²) < 4.78 is 25.6. The van der Waals surface area contributed by atoms with Crippen LogP contribution in [0.4, 0.5) is 0 Å². The fraction of sp³-hybridized carbons (Fsp3) is 0.455. The Morgan fingerprint density at radius 3 is 2.50 bits per heavy atom. The molecule has 0 bridgehead atoms. The molecular weight excluding hydrogens is 280 g/mol. The van der Waals surface area contributed by atoms with Gasteiger partial charge in [-0.05, 0) is 12.5 Å². The Kier molecular flexibility index (Phi) is 7.36. The van der Waals surface area contributed by atoms with Crippen molar-refractivity contribution in [2.75, 3.05) is 6.54 Å². The van der Waals surface area contributed by atoms with E-state index in [2.05, 4.69) is 36.8 Å². The van der Waals surface area contributed by atoms with E-state index in [4.69, 9.17) is 0 Å². The predicted octanol–water partition coefficient (Wildman–Crippen LogP) is 0.750. The average molecular weight is 298 g/mol. The molecule has 9 heteroatoms. The highest BCUT2D eigenvalue weighted by Crippen LogP contribution is 1.99. The molecule has 0 aliphatic heterocycles. The van der Waals surface area contributed by atoms with Crippen LogP contribution in [-0.2, 0) is 10.0 Å². The monoisotopic (exact) mass is 298 g/mol. The van der Waals surface area contributed by atoms with Crippen molar-refractivity contribution in [3.05, 3.63) is 31.1 Å². The molecule has 8 nitrogen and oxygen atoms in total. The number of unbranched alkanes of at least 4 members (excludes halogenated alkanes) is 2. The Labute approximate surface area is 118 Å². The molecule has 0 atom stereocenters. The van der Waals surface area contributed by atoms with Gasteiger partial charge in [0.15, 0.2) is 0 Å². The molecule has 0 aromatic carbocycles. The average Bonchev–Trinajstić information content (AvgIpc) is 3.04. The summed E-state index contributed by atoms with van der Waals surface area (Å²) >= 11 is 0. The standard InChI is InChI=1S/C9H15N3O2S.C2H3N3/c1-2-3-4-8-12-15(13,14)9-10-6-5-7-11-9;1-3-2-5-4-1/h5-7,12H,2-4,8H2,1H3;1-2H,(H,3,4,5). The molecule has 0 radical (unpaired) electrons. The fourth-order valence-corrected chi connectivity index (χ4v) is 2.18. The van der Waals surface area contributed by atoms with Gasteiger partial charge in [0.2, 0.25) is 0 Å². The van der Waals surface area contributed by atoms with Gasteiger partial charge in [0.05, 0.1) is 0 Å². The fourth-order valence-electron chi connectivity index (χ4n) is 1.24. The largest absolute Gasteiger partial charge is 0.276 e. The van der Waals surface area contributed by atoms with Crippen molar-refractivity contribution in [3.63, 3.8) is 0 Å². The normalized spacial score (nSPS) is 10.7. The zero-order valence-corrected chi connectivity index (χ0v) is 12.0. The molecule has 0 fully saturated rings. The van der Waals surface area contributed by atoms with Crippen LogP contribution in [0.5, 0.6) is 0 Å². The lowest BCUT2D eigenvalue weighted by Crippen LogP contribution is -2.26. The van der Waals surface area contributed by atoms with Crippen molar-refractivity contribution in [2.45, 2.75) is 31.3 Å². The minimum atomic E-state index is -3.51. The van der Waals surface area contributed by atoms with Crippen LogP contribution in [0.25, 0.3) is 0 Å². The summed E-state index contributed by atoms with van der Waals surface area (Å²) in [7, 11) is -3.51. The van der Waals surface area contributed by atoms with Gasteiger partial charge < -0.3 is 0 Å². The first-order chi connectivity index (χ1) is 9.67. The number of hydrogen-bond donors (Lipinski definition) is 2. The quantitative estimate of drug-likeness (QED) is 0.601. The van der Waals surface area contributed by atoms with E-state index in [0.29, 0.717) is 6.54 Å². The number of nitrogens with one attached hydrogen (secondary N) is 2. The highest BCUT2D eigenvalue weighted by molar-refractivity contribution is 7.89. The van der Waals surface area contributed by atoms with Crippen LogP contribution in [0.3, 0.4) is 0 Å². The first kappa shape index (κ1) is 16.2. The van der Waals surface area contributed by atoms with E-state index in [1.807, 2.05) is 0 Å². The van der Waals surface area contributed by atoms with Crippen LogP contribution in [0.2, 0.25) is 0 Å². The van der Waals surface area contributed by atoms with Gasteiger partial charge in [0, 0.05) is 18.9 Å². The maximum absolute atomic E-state index is 11.6. The number of aromatic nitrogens is 5. The summed E-state index contributed by atoms with van der Waals surface area (Å²) in [6, 6.07) is 1.58. The Morgan fingerprint density at radius 2 is 2.00 bits per heavy atom. The third kappa shape index (κ3) is 6.34. The maximum Gasteiger partial charge on any atom is 0.276 e. The lowest BCUT2D eigenvalue weighted by atomic mass is 10.3. The van der Waals surface area contributed by atoms with E-state index in [1.165, 1.54) is 25.0 Å². The second-order valence-electron chi connectivity index (χ2n) is 3.79. The molecule has 2 N–H and O–H groups in total. The Balaban J connectivity index is 0.000000333. The van der Waals surface area contributed by atoms with Gasteiger partial charge >= 0.3 is 0 Å². The van der Waals surface area contributed by atoms with E-state index in [0.717, 1.165) is 19.3 Å². The van der Waals surface area contributed by atoms with Gasteiger partial charge in [-0.2, -0.15) is 5.10 Å². The molecule has 0 spiro atoms. The summed E-state index contributed by atoms with van der Waals surface area (Å²) in [6.45, 7) is 2.50. The zero-order valence-electron chi connectivity index (χ0n) is 11.2. The van der Waals surface area contributed by atoms with Gasteiger partial charge in [-0.15, -0.1) is 0 Å². The molecule has 2 heterocycles. The van der Waals surface area contributed by atoms with E-state index < -0.39 is 10.0 Å². The SMILES string of the molecule is CCCCCNS(=O)(=O)c1ncccn1.c1nc[nH]n1. The molecule has 0 amide bonds. The van der Waals surface area contributed by atoms with Crippen LogP contribution < -0.4 is 4.72 Å². The second-order valence-corrected chi connectivity index (χ2v) is 5.45. The van der Waals surface area contributed by atoms with Crippen LogP contribution in [0.1, 0.15) is 26.2 Å². The molecule has 0 aliphatic carbocycles. The Bertz CT molecular complexity index is 526. The minimum absolute atomic E-state index is 0.165. The number of nitrogens with zero attached hydrogens (tertiary/aromatic N) is 4. The molecule has 0 aliphatic rings. The molecule has 2 aromatic heterocycles. The number of rotatable bonds is 6. The maximum atomic E-state index is 11.6. The first-order valence-electron chi connectivity index (χ1n) is 6.22. The number of hydrogen-bond acceptors (Lipinski definition) is 6. The van der Waals surface area contributed by atoms with Crippen molar-refractivity contribution < 1.29 is 8.42 Å². The highest BCUT2D eigenvalue weighted by atomic mass is 32.2. The summed E-state index contributed by atoms with van der Waals surface area (Å²) in [4.78, 5) is 10.9. The van der Waals surface area contributed by atoms with Crippen LogP contribution in [0.15, 0.2) is 36.3 Å². The Hall–Kier alpha value is -1.87. The van der Waals surface area contributed by atoms with Crippen molar-refractivity contribution in [3.8, 4) is 0 Å². The van der Waals surface area contributed by atoms with Crippen molar-refractivity contribution in [1.29, 1.82) is 0 Å². The molecule has 0 saturated carbocycles. The van der Waals surface area contributed by atoms with Gasteiger partial charge in [-0.1, -0.05) is 19.8 Å². The van der Waals surface area contributed by atoms with E-state index in [1.54, 1.807) is 6.07 Å². The highest BCUT2D eigenvalue weighted by Gasteiger charge is 2.15. The van der Waals surface area contributed by atoms with Gasteiger partial charge in [-0.3, -0.25) is 5.10 Å². The minimum Gasteiger partial charge on any atom is -0.266 e. The van der Waals surface area contributed by atoms with Gasteiger partial charge in [0.25, 0.3) is 15.2 Å². The molecule has 2 rings (SSSR count). The van der Waals surface area contributed by atoms with Crippen molar-refractivity contribution in [1.82, 2.24) is 29.9 Å². The summed E-state index contributed by atoms with van der Waals surface area (Å²) in [6.07, 6.45) is 8.69. The van der Waals surface area contributed by atoms with Gasteiger partial charge in [0.1, 0.15) is 12.7 Å². The number of sulfonamides is 1. The third-order valence-corrected chi connectivity index (χ3v) is 3.46. The lowest BCUT2D eigenvalue weighted by Gasteiger charge is -2.03. The molecule has 0 saturated heterocycles. The predicted molar refractivity (Wildman–Crippen MR) is 73.1 cm³/mol. The van der Waals surface area contributed by atoms with Crippen LogP contribution in [0, 0.1) is 0 Å². The third-order valence-electron chi connectivity index (χ3n) is 2.19. The number of aromatic amines is 1. The summed E-state index contributed by atoms with van der Waals surface area (Å²) in [5.41, 5.74) is 0. The smallest absolute Gasteiger partial charge is 0.266 e.